The van der Waals surface area contributed by atoms with Crippen molar-refractivity contribution < 1.29 is 14.3 Å². The molecule has 1 saturated heterocycles. The zero-order valence-electron chi connectivity index (χ0n) is 22.4. The van der Waals surface area contributed by atoms with Crippen LogP contribution in [0.2, 0.25) is 5.02 Å². The Morgan fingerprint density at radius 3 is 2.67 bits per heavy atom. The lowest BCUT2D eigenvalue weighted by atomic mass is 9.96. The summed E-state index contributed by atoms with van der Waals surface area (Å²) in [7, 11) is 1.59. The molecule has 0 radical (unpaired) electrons. The van der Waals surface area contributed by atoms with Gasteiger partial charge in [-0.05, 0) is 49.4 Å². The van der Waals surface area contributed by atoms with Crippen LogP contribution < -0.4 is 10.2 Å². The molecule has 10 heteroatoms. The van der Waals surface area contributed by atoms with Gasteiger partial charge in [0.15, 0.2) is 5.82 Å². The third-order valence-electron chi connectivity index (χ3n) is 8.12. The number of aryl methyl sites for hydroxylation is 1. The SMILES string of the molecule is CNC(=O)c1ccc(-c2cc3c(cc2Cl)N(c2nn(C4CCOCC4)c4c2CN(C(C)=O)CC4)CCC3)cn1. The molecule has 9 nitrogen and oxygen atoms in total. The molecule has 1 fully saturated rings. The molecule has 0 saturated carbocycles. The van der Waals surface area contributed by atoms with Gasteiger partial charge in [0, 0.05) is 81.0 Å². The number of nitrogens with zero attached hydrogens (tertiary/aromatic N) is 5. The lowest BCUT2D eigenvalue weighted by Gasteiger charge is -2.33. The first kappa shape index (κ1) is 25.8. The number of carbonyl (C=O) groups excluding carboxylic acids is 2. The molecule has 39 heavy (non-hydrogen) atoms. The molecule has 6 rings (SSSR count). The van der Waals surface area contributed by atoms with Gasteiger partial charge >= 0.3 is 0 Å². The first-order valence-corrected chi connectivity index (χ1v) is 14.0. The monoisotopic (exact) mass is 548 g/mol. The second-order valence-corrected chi connectivity index (χ2v) is 10.9. The van der Waals surface area contributed by atoms with E-state index in [9.17, 15) is 9.59 Å². The Kier molecular flexibility index (Phi) is 7.03. The first-order chi connectivity index (χ1) is 18.9. The van der Waals surface area contributed by atoms with E-state index in [4.69, 9.17) is 21.4 Å². The third kappa shape index (κ3) is 4.78. The highest BCUT2D eigenvalue weighted by Crippen LogP contribution is 2.42. The number of benzene rings is 1. The van der Waals surface area contributed by atoms with Crippen molar-refractivity contribution in [3.8, 4) is 11.1 Å². The maximum atomic E-state index is 12.3. The molecule has 5 heterocycles. The highest BCUT2D eigenvalue weighted by molar-refractivity contribution is 6.33. The Morgan fingerprint density at radius 2 is 1.95 bits per heavy atom. The maximum Gasteiger partial charge on any atom is 0.269 e. The predicted octanol–water partition coefficient (Wildman–Crippen LogP) is 4.30. The van der Waals surface area contributed by atoms with E-state index >= 15 is 0 Å². The molecule has 0 atom stereocenters. The number of hydrogen-bond donors (Lipinski definition) is 1. The number of halogens is 1. The molecule has 1 N–H and O–H groups in total. The smallest absolute Gasteiger partial charge is 0.269 e. The average molecular weight is 549 g/mol. The molecule has 3 aliphatic heterocycles. The van der Waals surface area contributed by atoms with Crippen LogP contribution in [0.3, 0.4) is 0 Å². The number of rotatable bonds is 4. The first-order valence-electron chi connectivity index (χ1n) is 13.7. The minimum absolute atomic E-state index is 0.0909. The fourth-order valence-electron chi connectivity index (χ4n) is 6.01. The number of aromatic nitrogens is 3. The van der Waals surface area contributed by atoms with Crippen molar-refractivity contribution in [1.82, 2.24) is 25.0 Å². The Labute approximate surface area is 233 Å². The van der Waals surface area contributed by atoms with Crippen LogP contribution >= 0.6 is 11.6 Å². The van der Waals surface area contributed by atoms with Gasteiger partial charge in [-0.15, -0.1) is 0 Å². The summed E-state index contributed by atoms with van der Waals surface area (Å²) < 4.78 is 7.86. The Morgan fingerprint density at radius 1 is 1.13 bits per heavy atom. The van der Waals surface area contributed by atoms with Gasteiger partial charge in [-0.1, -0.05) is 17.7 Å². The highest BCUT2D eigenvalue weighted by Gasteiger charge is 2.33. The Bertz CT molecular complexity index is 1410. The molecule has 0 unspecified atom stereocenters. The van der Waals surface area contributed by atoms with Crippen LogP contribution in [0.25, 0.3) is 11.1 Å². The standard InChI is InChI=1S/C29H33ClN6O3/c1-18(37)34-11-7-26-23(17-34)28(33-36(26)21-8-12-39-13-9-21)35-10-3-4-19-14-22(24(30)15-27(19)35)20-5-6-25(32-16-20)29(38)31-2/h5-6,14-16,21H,3-4,7-13,17H2,1-2H3,(H,31,38). The fraction of sp³-hybridized carbons (Fsp3) is 0.448. The maximum absolute atomic E-state index is 12.3. The van der Waals surface area contributed by atoms with Gasteiger partial charge in [0.2, 0.25) is 5.91 Å². The number of fused-ring (bicyclic) bond motifs is 2. The van der Waals surface area contributed by atoms with Crippen LogP contribution in [0.5, 0.6) is 0 Å². The summed E-state index contributed by atoms with van der Waals surface area (Å²) in [5.41, 5.74) is 6.77. The number of pyridine rings is 1. The number of hydrogen-bond acceptors (Lipinski definition) is 6. The van der Waals surface area contributed by atoms with Crippen LogP contribution in [-0.2, 0) is 28.9 Å². The lowest BCUT2D eigenvalue weighted by molar-refractivity contribution is -0.129. The predicted molar refractivity (Wildman–Crippen MR) is 150 cm³/mol. The van der Waals surface area contributed by atoms with Crippen molar-refractivity contribution in [2.75, 3.05) is 38.3 Å². The molecule has 2 aromatic heterocycles. The Hall–Kier alpha value is -3.43. The van der Waals surface area contributed by atoms with E-state index in [1.807, 2.05) is 17.0 Å². The van der Waals surface area contributed by atoms with Crippen molar-refractivity contribution >= 4 is 34.9 Å². The van der Waals surface area contributed by atoms with Crippen molar-refractivity contribution in [2.24, 2.45) is 0 Å². The number of nitrogens with one attached hydrogen (secondary N) is 1. The van der Waals surface area contributed by atoms with E-state index in [0.717, 1.165) is 86.6 Å². The van der Waals surface area contributed by atoms with Gasteiger partial charge in [-0.25, -0.2) is 0 Å². The van der Waals surface area contributed by atoms with Gasteiger partial charge in [0.05, 0.1) is 17.6 Å². The van der Waals surface area contributed by atoms with E-state index in [2.05, 4.69) is 25.9 Å². The quantitative estimate of drug-likeness (QED) is 0.522. The van der Waals surface area contributed by atoms with E-state index < -0.39 is 0 Å². The summed E-state index contributed by atoms with van der Waals surface area (Å²) in [5, 5.41) is 8.46. The topological polar surface area (TPSA) is 92.6 Å². The van der Waals surface area contributed by atoms with Crippen molar-refractivity contribution in [3.05, 3.63) is 58.0 Å². The van der Waals surface area contributed by atoms with E-state index in [-0.39, 0.29) is 11.8 Å². The third-order valence-corrected chi connectivity index (χ3v) is 8.44. The number of amides is 2. The van der Waals surface area contributed by atoms with Crippen molar-refractivity contribution in [2.45, 2.75) is 51.6 Å². The number of anilines is 2. The van der Waals surface area contributed by atoms with Crippen LogP contribution in [0, 0.1) is 0 Å². The molecule has 1 aromatic carbocycles. The largest absolute Gasteiger partial charge is 0.381 e. The minimum atomic E-state index is -0.222. The summed E-state index contributed by atoms with van der Waals surface area (Å²) in [6.45, 7) is 5.26. The zero-order valence-corrected chi connectivity index (χ0v) is 23.1. The second kappa shape index (κ2) is 10.6. The lowest BCUT2D eigenvalue weighted by Crippen LogP contribution is -2.36. The van der Waals surface area contributed by atoms with E-state index in [1.165, 1.54) is 11.3 Å². The van der Waals surface area contributed by atoms with Crippen LogP contribution in [0.15, 0.2) is 30.5 Å². The van der Waals surface area contributed by atoms with Crippen LogP contribution in [0.1, 0.15) is 59.5 Å². The normalized spacial score (nSPS) is 17.5. The average Bonchev–Trinajstić information content (AvgIpc) is 3.35. The second-order valence-electron chi connectivity index (χ2n) is 10.5. The fourth-order valence-corrected chi connectivity index (χ4v) is 6.28. The molecule has 2 amide bonds. The molecule has 0 aliphatic carbocycles. The van der Waals surface area contributed by atoms with Gasteiger partial charge in [0.1, 0.15) is 5.69 Å². The van der Waals surface area contributed by atoms with Gasteiger partial charge in [-0.2, -0.15) is 5.10 Å². The zero-order chi connectivity index (χ0) is 27.1. The number of carbonyl (C=O) groups is 2. The van der Waals surface area contributed by atoms with Crippen molar-refractivity contribution in [3.63, 3.8) is 0 Å². The summed E-state index contributed by atoms with van der Waals surface area (Å²) in [6, 6.07) is 8.08. The summed E-state index contributed by atoms with van der Waals surface area (Å²) in [4.78, 5) is 32.8. The van der Waals surface area contributed by atoms with E-state index in [0.29, 0.717) is 23.3 Å². The highest BCUT2D eigenvalue weighted by atomic mass is 35.5. The minimum Gasteiger partial charge on any atom is -0.381 e. The molecular weight excluding hydrogens is 516 g/mol. The molecule has 0 spiro atoms. The molecular formula is C29H33ClN6O3. The van der Waals surface area contributed by atoms with Crippen LogP contribution in [-0.4, -0.2) is 64.8 Å². The summed E-state index contributed by atoms with van der Waals surface area (Å²) in [6.07, 6.45) is 6.31. The number of ether oxygens (including phenoxy) is 1. The van der Waals surface area contributed by atoms with Gasteiger partial charge < -0.3 is 19.9 Å². The summed E-state index contributed by atoms with van der Waals surface area (Å²) in [5.74, 6) is 0.803. The molecule has 204 valence electrons. The molecule has 0 bridgehead atoms. The van der Waals surface area contributed by atoms with Crippen LogP contribution in [0.4, 0.5) is 11.5 Å². The van der Waals surface area contributed by atoms with Gasteiger partial charge in [0.25, 0.3) is 5.91 Å². The van der Waals surface area contributed by atoms with Crippen molar-refractivity contribution in [1.29, 1.82) is 0 Å². The Balaban J connectivity index is 1.39. The summed E-state index contributed by atoms with van der Waals surface area (Å²) >= 11 is 6.89. The molecule has 3 aromatic rings. The van der Waals surface area contributed by atoms with Gasteiger partial charge in [-0.3, -0.25) is 19.3 Å². The molecule has 3 aliphatic rings. The van der Waals surface area contributed by atoms with E-state index in [1.54, 1.807) is 26.2 Å².